The maximum Gasteiger partial charge on any atom is 0.354 e. The zero-order valence-electron chi connectivity index (χ0n) is 19.0. The molecule has 2 aromatic heterocycles. The summed E-state index contributed by atoms with van der Waals surface area (Å²) in [5, 5.41) is 11.3. The van der Waals surface area contributed by atoms with E-state index in [1.807, 2.05) is 13.8 Å². The molecule has 32 heavy (non-hydrogen) atoms. The third-order valence-electron chi connectivity index (χ3n) is 5.97. The van der Waals surface area contributed by atoms with Crippen molar-refractivity contribution < 1.29 is 28.6 Å². The van der Waals surface area contributed by atoms with Gasteiger partial charge in [0, 0.05) is 24.3 Å². The van der Waals surface area contributed by atoms with E-state index in [1.54, 1.807) is 26.0 Å². The van der Waals surface area contributed by atoms with Crippen molar-refractivity contribution in [1.82, 2.24) is 14.8 Å². The lowest BCUT2D eigenvalue weighted by Gasteiger charge is -2.26. The van der Waals surface area contributed by atoms with Crippen LogP contribution in [-0.4, -0.2) is 70.8 Å². The Morgan fingerprint density at radius 3 is 2.53 bits per heavy atom. The minimum atomic E-state index is -0.865. The number of amides is 1. The number of carbonyl (C=O) groups is 3. The molecule has 0 spiro atoms. The van der Waals surface area contributed by atoms with Gasteiger partial charge in [0.2, 0.25) is 0 Å². The van der Waals surface area contributed by atoms with E-state index < -0.39 is 23.7 Å². The first-order valence-corrected chi connectivity index (χ1v) is 10.6. The highest BCUT2D eigenvalue weighted by molar-refractivity contribution is 6.46. The molecule has 1 atom stereocenters. The average molecular weight is 444 g/mol. The summed E-state index contributed by atoms with van der Waals surface area (Å²) in [5.41, 5.74) is 1.32. The van der Waals surface area contributed by atoms with E-state index in [9.17, 15) is 19.5 Å². The summed E-state index contributed by atoms with van der Waals surface area (Å²) in [6.45, 7) is 9.86. The highest BCUT2D eigenvalue weighted by Crippen LogP contribution is 2.40. The molecule has 0 radical (unpaired) electrons. The minimum Gasteiger partial charge on any atom is -0.507 e. The Hall–Kier alpha value is -3.33. The number of carbonyl (C=O) groups excluding carboxylic acids is 3. The number of esters is 1. The van der Waals surface area contributed by atoms with Crippen molar-refractivity contribution in [1.29, 1.82) is 0 Å². The first-order chi connectivity index (χ1) is 15.3. The second-order valence-corrected chi connectivity index (χ2v) is 7.65. The van der Waals surface area contributed by atoms with E-state index >= 15 is 0 Å². The smallest absolute Gasteiger partial charge is 0.354 e. The SMILES string of the molecule is CCN(CC)CCN1C(=O)C(=O)/C(=C(\O)c2c(C)[nH]c(C(=O)OC)c2C)[C@H]1c1ccco1. The van der Waals surface area contributed by atoms with Gasteiger partial charge in [0.25, 0.3) is 11.7 Å². The van der Waals surface area contributed by atoms with Crippen LogP contribution in [0.15, 0.2) is 28.4 Å². The molecule has 1 aliphatic heterocycles. The molecular weight excluding hydrogens is 414 g/mol. The molecule has 0 aromatic carbocycles. The predicted molar refractivity (Wildman–Crippen MR) is 117 cm³/mol. The van der Waals surface area contributed by atoms with Crippen LogP contribution in [0.2, 0.25) is 0 Å². The molecule has 1 fully saturated rings. The summed E-state index contributed by atoms with van der Waals surface area (Å²) in [4.78, 5) is 44.6. The van der Waals surface area contributed by atoms with Gasteiger partial charge in [0.1, 0.15) is 23.3 Å². The first-order valence-electron chi connectivity index (χ1n) is 10.6. The molecule has 1 aliphatic rings. The van der Waals surface area contributed by atoms with Crippen LogP contribution in [0, 0.1) is 13.8 Å². The summed E-state index contributed by atoms with van der Waals surface area (Å²) >= 11 is 0. The van der Waals surface area contributed by atoms with Gasteiger partial charge in [-0.05, 0) is 44.6 Å². The summed E-state index contributed by atoms with van der Waals surface area (Å²) < 4.78 is 10.3. The van der Waals surface area contributed by atoms with Crippen molar-refractivity contribution in [3.05, 3.63) is 52.2 Å². The fourth-order valence-electron chi connectivity index (χ4n) is 4.19. The molecule has 9 nitrogen and oxygen atoms in total. The van der Waals surface area contributed by atoms with Gasteiger partial charge in [-0.3, -0.25) is 9.59 Å². The van der Waals surface area contributed by atoms with E-state index in [1.165, 1.54) is 18.3 Å². The highest BCUT2D eigenvalue weighted by atomic mass is 16.5. The second-order valence-electron chi connectivity index (χ2n) is 7.65. The number of likely N-dealkylation sites (tertiary alicyclic amines) is 1. The Labute approximate surface area is 186 Å². The minimum absolute atomic E-state index is 0.0638. The van der Waals surface area contributed by atoms with Crippen LogP contribution in [0.3, 0.4) is 0 Å². The lowest BCUT2D eigenvalue weighted by atomic mass is 9.97. The van der Waals surface area contributed by atoms with E-state index in [4.69, 9.17) is 9.15 Å². The number of ketones is 1. The summed E-state index contributed by atoms with van der Waals surface area (Å²) in [6, 6.07) is 2.48. The molecule has 0 bridgehead atoms. The monoisotopic (exact) mass is 443 g/mol. The predicted octanol–water partition coefficient (Wildman–Crippen LogP) is 2.77. The number of aliphatic hydroxyl groups is 1. The normalized spacial score (nSPS) is 18.1. The fraction of sp³-hybridized carbons (Fsp3) is 0.435. The molecular formula is C23H29N3O6. The van der Waals surface area contributed by atoms with Crippen LogP contribution < -0.4 is 0 Å². The Balaban J connectivity index is 2.12. The number of aryl methyl sites for hydroxylation is 1. The number of nitrogens with zero attached hydrogens (tertiary/aromatic N) is 2. The van der Waals surface area contributed by atoms with Crippen molar-refractivity contribution in [2.75, 3.05) is 33.3 Å². The highest BCUT2D eigenvalue weighted by Gasteiger charge is 2.47. The van der Waals surface area contributed by atoms with Gasteiger partial charge in [-0.25, -0.2) is 4.79 Å². The van der Waals surface area contributed by atoms with Crippen LogP contribution in [0.5, 0.6) is 0 Å². The lowest BCUT2D eigenvalue weighted by Crippen LogP contribution is -2.37. The Bertz CT molecular complexity index is 1050. The largest absolute Gasteiger partial charge is 0.507 e. The molecule has 2 N–H and O–H groups in total. The van der Waals surface area contributed by atoms with E-state index in [2.05, 4.69) is 9.88 Å². The standard InChI is InChI=1S/C23H29N3O6/c1-6-25(7-2)10-11-26-19(15-9-8-12-32-15)17(21(28)22(26)29)20(27)16-13(3)18(23(30)31-5)24-14(16)4/h8-9,12,19,24,27H,6-7,10-11H2,1-5H3/b20-17-/t19-/m1/s1. The second kappa shape index (κ2) is 9.44. The summed E-state index contributed by atoms with van der Waals surface area (Å²) in [6.07, 6.45) is 1.46. The Morgan fingerprint density at radius 1 is 1.28 bits per heavy atom. The van der Waals surface area contributed by atoms with Gasteiger partial charge in [-0.1, -0.05) is 13.8 Å². The molecule has 3 heterocycles. The number of likely N-dealkylation sites (N-methyl/N-ethyl adjacent to an activating group) is 1. The van der Waals surface area contributed by atoms with Crippen LogP contribution in [0.4, 0.5) is 0 Å². The molecule has 2 aromatic rings. The molecule has 1 amide bonds. The van der Waals surface area contributed by atoms with Crippen LogP contribution >= 0.6 is 0 Å². The number of ether oxygens (including phenoxy) is 1. The zero-order valence-corrected chi connectivity index (χ0v) is 19.0. The number of furan rings is 1. The molecule has 3 rings (SSSR count). The number of aromatic amines is 1. The molecule has 0 saturated carbocycles. The van der Waals surface area contributed by atoms with Crippen LogP contribution in [-0.2, 0) is 14.3 Å². The van der Waals surface area contributed by atoms with E-state index in [0.717, 1.165) is 13.1 Å². The van der Waals surface area contributed by atoms with Crippen molar-refractivity contribution in [3.8, 4) is 0 Å². The molecule has 1 saturated heterocycles. The van der Waals surface area contributed by atoms with Crippen molar-refractivity contribution in [3.63, 3.8) is 0 Å². The number of hydrogen-bond acceptors (Lipinski definition) is 7. The quantitative estimate of drug-likeness (QED) is 0.279. The number of aliphatic hydroxyl groups excluding tert-OH is 1. The molecule has 0 unspecified atom stereocenters. The number of nitrogens with one attached hydrogen (secondary N) is 1. The van der Waals surface area contributed by atoms with E-state index in [0.29, 0.717) is 35.7 Å². The van der Waals surface area contributed by atoms with Crippen LogP contribution in [0.1, 0.15) is 53.0 Å². The van der Waals surface area contributed by atoms with Gasteiger partial charge in [0.05, 0.1) is 18.9 Å². The van der Waals surface area contributed by atoms with Crippen molar-refractivity contribution in [2.24, 2.45) is 0 Å². The first kappa shape index (κ1) is 23.3. The van der Waals surface area contributed by atoms with Gasteiger partial charge in [-0.15, -0.1) is 0 Å². The Kier molecular flexibility index (Phi) is 6.88. The lowest BCUT2D eigenvalue weighted by molar-refractivity contribution is -0.140. The number of methoxy groups -OCH3 is 1. The summed E-state index contributed by atoms with van der Waals surface area (Å²) in [5.74, 6) is -2.05. The topological polar surface area (TPSA) is 116 Å². The number of Topliss-reactive ketones (excluding diaryl/α,β-unsaturated/α-hetero) is 1. The average Bonchev–Trinajstić information content (AvgIpc) is 3.47. The van der Waals surface area contributed by atoms with Crippen molar-refractivity contribution >= 4 is 23.4 Å². The van der Waals surface area contributed by atoms with Gasteiger partial charge >= 0.3 is 5.97 Å². The van der Waals surface area contributed by atoms with Crippen molar-refractivity contribution in [2.45, 2.75) is 33.7 Å². The third-order valence-corrected chi connectivity index (χ3v) is 5.97. The molecule has 9 heteroatoms. The Morgan fingerprint density at radius 2 is 1.97 bits per heavy atom. The number of H-pyrrole nitrogens is 1. The fourth-order valence-corrected chi connectivity index (χ4v) is 4.19. The van der Waals surface area contributed by atoms with Gasteiger partial charge in [0.15, 0.2) is 0 Å². The van der Waals surface area contributed by atoms with Crippen LogP contribution in [0.25, 0.3) is 5.76 Å². The van der Waals surface area contributed by atoms with Gasteiger partial charge < -0.3 is 29.0 Å². The number of hydrogen-bond donors (Lipinski definition) is 2. The zero-order chi connectivity index (χ0) is 23.6. The molecule has 172 valence electrons. The number of aromatic nitrogens is 1. The molecule has 0 aliphatic carbocycles. The van der Waals surface area contributed by atoms with Gasteiger partial charge in [-0.2, -0.15) is 0 Å². The maximum absolute atomic E-state index is 13.1. The third kappa shape index (κ3) is 3.95. The summed E-state index contributed by atoms with van der Waals surface area (Å²) in [7, 11) is 1.26. The van der Waals surface area contributed by atoms with E-state index in [-0.39, 0.29) is 17.0 Å². The number of rotatable bonds is 8. The maximum atomic E-state index is 13.1.